The van der Waals surface area contributed by atoms with Crippen molar-refractivity contribution in [3.8, 4) is 0 Å². The highest BCUT2D eigenvalue weighted by atomic mass is 16.5. The number of nitrogens with zero attached hydrogens (tertiary/aromatic N) is 1. The lowest BCUT2D eigenvalue weighted by atomic mass is 10.5. The van der Waals surface area contributed by atoms with E-state index in [1.54, 1.807) is 7.11 Å². The zero-order valence-corrected chi connectivity index (χ0v) is 4.29. The first-order valence-electron chi connectivity index (χ1n) is 2.29. The second-order valence-corrected chi connectivity index (χ2v) is 1.42. The molecule has 0 N–H and O–H groups in total. The lowest BCUT2D eigenvalue weighted by Gasteiger charge is -2.00. The number of hydrogen-bond acceptors (Lipinski definition) is 1. The third-order valence-corrected chi connectivity index (χ3v) is 0.933. The van der Waals surface area contributed by atoms with Crippen LogP contribution < -0.4 is 5.32 Å². The molecule has 0 amide bonds. The van der Waals surface area contributed by atoms with E-state index in [4.69, 9.17) is 4.74 Å². The van der Waals surface area contributed by atoms with Crippen molar-refractivity contribution in [2.75, 3.05) is 13.7 Å². The van der Waals surface area contributed by atoms with E-state index in [0.717, 1.165) is 6.54 Å². The van der Waals surface area contributed by atoms with Crippen LogP contribution in [-0.4, -0.2) is 19.9 Å². The van der Waals surface area contributed by atoms with Crippen molar-refractivity contribution in [1.29, 1.82) is 0 Å². The summed E-state index contributed by atoms with van der Waals surface area (Å²) in [7, 11) is 1.66. The summed E-state index contributed by atoms with van der Waals surface area (Å²) in [6, 6.07) is 0. The van der Waals surface area contributed by atoms with Gasteiger partial charge in [0.05, 0.1) is 0 Å². The van der Waals surface area contributed by atoms with Gasteiger partial charge >= 0.3 is 0 Å². The molecule has 0 fully saturated rings. The van der Waals surface area contributed by atoms with Gasteiger partial charge < -0.3 is 4.74 Å². The van der Waals surface area contributed by atoms with Crippen LogP contribution in [0.3, 0.4) is 0 Å². The SMILES string of the molecule is COC1C=CC[N]1. The van der Waals surface area contributed by atoms with Gasteiger partial charge in [-0.2, -0.15) is 0 Å². The van der Waals surface area contributed by atoms with E-state index >= 15 is 0 Å². The Bertz CT molecular complexity index is 80.1. The molecule has 1 aliphatic heterocycles. The minimum Gasteiger partial charge on any atom is -0.361 e. The zero-order valence-electron chi connectivity index (χ0n) is 4.29. The van der Waals surface area contributed by atoms with Crippen LogP contribution in [0.4, 0.5) is 0 Å². The maximum atomic E-state index is 4.86. The van der Waals surface area contributed by atoms with Gasteiger partial charge in [0.15, 0.2) is 0 Å². The molecule has 0 spiro atoms. The summed E-state index contributed by atoms with van der Waals surface area (Å²) in [4.78, 5) is 0. The molecule has 0 aromatic rings. The molecular weight excluding hydrogens is 90.1 g/mol. The van der Waals surface area contributed by atoms with Gasteiger partial charge in [-0.1, -0.05) is 6.08 Å². The Morgan fingerprint density at radius 2 is 2.71 bits per heavy atom. The van der Waals surface area contributed by atoms with Crippen LogP contribution in [0, 0.1) is 0 Å². The van der Waals surface area contributed by atoms with E-state index in [0.29, 0.717) is 0 Å². The monoisotopic (exact) mass is 98.1 g/mol. The van der Waals surface area contributed by atoms with Crippen LogP contribution in [0.2, 0.25) is 0 Å². The molecule has 1 atom stereocenters. The highest BCUT2D eigenvalue weighted by Crippen LogP contribution is 1.95. The number of ether oxygens (including phenoxy) is 1. The molecule has 2 nitrogen and oxygen atoms in total. The Labute approximate surface area is 43.2 Å². The molecule has 1 heterocycles. The Hall–Kier alpha value is -0.340. The fourth-order valence-electron chi connectivity index (χ4n) is 0.556. The average Bonchev–Trinajstić information content (AvgIpc) is 2.14. The zero-order chi connectivity index (χ0) is 5.11. The van der Waals surface area contributed by atoms with E-state index in [-0.39, 0.29) is 6.23 Å². The minimum atomic E-state index is 0.0417. The second-order valence-electron chi connectivity index (χ2n) is 1.42. The number of rotatable bonds is 1. The van der Waals surface area contributed by atoms with Gasteiger partial charge in [0, 0.05) is 13.7 Å². The van der Waals surface area contributed by atoms with Crippen molar-refractivity contribution >= 4 is 0 Å². The highest BCUT2D eigenvalue weighted by Gasteiger charge is 2.04. The van der Waals surface area contributed by atoms with Crippen LogP contribution in [0.25, 0.3) is 0 Å². The van der Waals surface area contributed by atoms with Gasteiger partial charge in [-0.3, -0.25) is 0 Å². The lowest BCUT2D eigenvalue weighted by molar-refractivity contribution is 0.120. The van der Waals surface area contributed by atoms with Gasteiger partial charge in [-0.05, 0) is 6.08 Å². The third-order valence-electron chi connectivity index (χ3n) is 0.933. The van der Waals surface area contributed by atoms with Crippen molar-refractivity contribution in [3.63, 3.8) is 0 Å². The second kappa shape index (κ2) is 2.09. The average molecular weight is 98.1 g/mol. The van der Waals surface area contributed by atoms with Crippen LogP contribution in [0.1, 0.15) is 0 Å². The molecule has 0 aromatic heterocycles. The van der Waals surface area contributed by atoms with Crippen molar-refractivity contribution in [3.05, 3.63) is 12.2 Å². The van der Waals surface area contributed by atoms with Gasteiger partial charge in [0.2, 0.25) is 0 Å². The molecule has 0 aliphatic carbocycles. The molecule has 0 saturated heterocycles. The summed E-state index contributed by atoms with van der Waals surface area (Å²) in [5, 5.41) is 4.02. The smallest absolute Gasteiger partial charge is 0.142 e. The summed E-state index contributed by atoms with van der Waals surface area (Å²) >= 11 is 0. The number of hydrogen-bond donors (Lipinski definition) is 0. The van der Waals surface area contributed by atoms with E-state index in [1.165, 1.54) is 0 Å². The van der Waals surface area contributed by atoms with E-state index < -0.39 is 0 Å². The van der Waals surface area contributed by atoms with Crippen molar-refractivity contribution < 1.29 is 4.74 Å². The summed E-state index contributed by atoms with van der Waals surface area (Å²) in [5.41, 5.74) is 0. The normalized spacial score (nSPS) is 29.0. The molecule has 7 heavy (non-hydrogen) atoms. The predicted molar refractivity (Wildman–Crippen MR) is 26.9 cm³/mol. The van der Waals surface area contributed by atoms with Gasteiger partial charge in [-0.15, -0.1) is 0 Å². The molecular formula is C5H8NO. The Morgan fingerprint density at radius 3 is 3.00 bits per heavy atom. The van der Waals surface area contributed by atoms with Crippen molar-refractivity contribution in [2.24, 2.45) is 0 Å². The Balaban J connectivity index is 2.28. The molecule has 1 radical (unpaired) electrons. The van der Waals surface area contributed by atoms with E-state index in [9.17, 15) is 0 Å². The fraction of sp³-hybridized carbons (Fsp3) is 0.600. The van der Waals surface area contributed by atoms with Gasteiger partial charge in [-0.25, -0.2) is 5.32 Å². The molecule has 39 valence electrons. The van der Waals surface area contributed by atoms with Crippen LogP contribution >= 0.6 is 0 Å². The topological polar surface area (TPSA) is 23.3 Å². The maximum Gasteiger partial charge on any atom is 0.142 e. The van der Waals surface area contributed by atoms with Crippen LogP contribution in [0.5, 0.6) is 0 Å². The van der Waals surface area contributed by atoms with E-state index in [2.05, 4.69) is 5.32 Å². The first kappa shape index (κ1) is 4.81. The molecule has 1 unspecified atom stereocenters. The Morgan fingerprint density at radius 1 is 1.86 bits per heavy atom. The summed E-state index contributed by atoms with van der Waals surface area (Å²) in [5.74, 6) is 0. The quantitative estimate of drug-likeness (QED) is 0.428. The molecule has 0 bridgehead atoms. The minimum absolute atomic E-state index is 0.0417. The van der Waals surface area contributed by atoms with Crippen molar-refractivity contribution in [1.82, 2.24) is 5.32 Å². The molecule has 1 rings (SSSR count). The summed E-state index contributed by atoms with van der Waals surface area (Å²) < 4.78 is 4.86. The molecule has 0 aromatic carbocycles. The first-order valence-corrected chi connectivity index (χ1v) is 2.29. The highest BCUT2D eigenvalue weighted by molar-refractivity contribution is 4.96. The summed E-state index contributed by atoms with van der Waals surface area (Å²) in [6.45, 7) is 0.818. The Kier molecular flexibility index (Phi) is 1.44. The van der Waals surface area contributed by atoms with Gasteiger partial charge in [0.1, 0.15) is 6.23 Å². The van der Waals surface area contributed by atoms with Crippen LogP contribution in [0.15, 0.2) is 12.2 Å². The van der Waals surface area contributed by atoms with E-state index in [1.807, 2.05) is 12.2 Å². The predicted octanol–water partition coefficient (Wildman–Crippen LogP) is 0.133. The lowest BCUT2D eigenvalue weighted by Crippen LogP contribution is -2.15. The molecule has 2 heteroatoms. The first-order chi connectivity index (χ1) is 3.43. The fourth-order valence-corrected chi connectivity index (χ4v) is 0.556. The third kappa shape index (κ3) is 1.01. The van der Waals surface area contributed by atoms with Gasteiger partial charge in [0.25, 0.3) is 0 Å². The molecule has 1 aliphatic rings. The largest absolute Gasteiger partial charge is 0.361 e. The summed E-state index contributed by atoms with van der Waals surface area (Å²) in [6.07, 6.45) is 3.98. The number of methoxy groups -OCH3 is 1. The standard InChI is InChI=1S/C5H8NO/c1-7-5-3-2-4-6-5/h2-3,5H,4H2,1H3. The maximum absolute atomic E-state index is 4.86. The van der Waals surface area contributed by atoms with Crippen LogP contribution in [-0.2, 0) is 4.74 Å². The van der Waals surface area contributed by atoms with Crippen molar-refractivity contribution in [2.45, 2.75) is 6.23 Å². The molecule has 0 saturated carbocycles.